The monoisotopic (exact) mass is 470 g/mol. The van der Waals surface area contributed by atoms with Gasteiger partial charge in [0.1, 0.15) is 5.71 Å². The average molecular weight is 471 g/mol. The van der Waals surface area contributed by atoms with Crippen LogP contribution in [-0.4, -0.2) is 52.6 Å². The Morgan fingerprint density at radius 2 is 2.03 bits per heavy atom. The molecule has 1 saturated heterocycles. The first-order valence-corrected chi connectivity index (χ1v) is 12.0. The first-order chi connectivity index (χ1) is 16.0. The zero-order valence-corrected chi connectivity index (χ0v) is 19.2. The Hall–Kier alpha value is -2.78. The van der Waals surface area contributed by atoms with Crippen molar-refractivity contribution in [3.05, 3.63) is 72.2 Å². The highest BCUT2D eigenvalue weighted by molar-refractivity contribution is 8.00. The molecule has 0 amide bonds. The second-order valence-electron chi connectivity index (χ2n) is 8.13. The Morgan fingerprint density at radius 1 is 1.21 bits per heavy atom. The van der Waals surface area contributed by atoms with Crippen molar-refractivity contribution in [2.75, 3.05) is 23.1 Å². The lowest BCUT2D eigenvalue weighted by molar-refractivity contribution is 0.224. The topological polar surface area (TPSA) is 70.1 Å². The number of aromatic nitrogens is 1. The molecule has 2 aliphatic rings. The van der Waals surface area contributed by atoms with Crippen molar-refractivity contribution in [3.8, 4) is 0 Å². The summed E-state index contributed by atoms with van der Waals surface area (Å²) < 4.78 is 27.9. The van der Waals surface area contributed by atoms with Crippen LogP contribution in [0.25, 0.3) is 0 Å². The highest BCUT2D eigenvalue weighted by atomic mass is 32.2. The smallest absolute Gasteiger partial charge is 0.278 e. The lowest BCUT2D eigenvalue weighted by Gasteiger charge is -2.27. The van der Waals surface area contributed by atoms with E-state index >= 15 is 0 Å². The van der Waals surface area contributed by atoms with Crippen LogP contribution in [0, 0.1) is 0 Å². The first kappa shape index (κ1) is 23.4. The van der Waals surface area contributed by atoms with Gasteiger partial charge in [-0.1, -0.05) is 24.8 Å². The van der Waals surface area contributed by atoms with Crippen LogP contribution < -0.4 is 10.0 Å². The van der Waals surface area contributed by atoms with Crippen LogP contribution in [0.15, 0.2) is 71.1 Å². The SMILES string of the molecule is C=C(N)C1CCCN1CCSN(Cc1ccc(C2=NN=C(C(F)F)C2)cn1)c1ccccc1. The van der Waals surface area contributed by atoms with E-state index in [1.165, 1.54) is 0 Å². The van der Waals surface area contributed by atoms with Crippen LogP contribution in [-0.2, 0) is 6.54 Å². The third kappa shape index (κ3) is 5.97. The van der Waals surface area contributed by atoms with Crippen molar-refractivity contribution < 1.29 is 8.78 Å². The van der Waals surface area contributed by atoms with E-state index in [-0.39, 0.29) is 18.2 Å². The van der Waals surface area contributed by atoms with Crippen LogP contribution in [0.4, 0.5) is 14.5 Å². The number of halogens is 2. The third-order valence-corrected chi connectivity index (χ3v) is 6.84. The van der Waals surface area contributed by atoms with Crippen molar-refractivity contribution in [2.45, 2.75) is 38.3 Å². The molecular formula is C24H28F2N6S. The summed E-state index contributed by atoms with van der Waals surface area (Å²) >= 11 is 1.76. The number of hydrogen-bond acceptors (Lipinski definition) is 7. The van der Waals surface area contributed by atoms with Gasteiger partial charge in [0.25, 0.3) is 6.43 Å². The molecule has 0 spiro atoms. The molecule has 4 rings (SSSR count). The molecule has 0 bridgehead atoms. The number of nitrogens with zero attached hydrogens (tertiary/aromatic N) is 5. The average Bonchev–Trinajstić information content (AvgIpc) is 3.50. The minimum atomic E-state index is -2.58. The van der Waals surface area contributed by atoms with Gasteiger partial charge in [0.15, 0.2) is 0 Å². The first-order valence-electron chi connectivity index (χ1n) is 11.0. The molecule has 3 heterocycles. The number of rotatable bonds is 10. The van der Waals surface area contributed by atoms with E-state index < -0.39 is 6.43 Å². The Labute approximate surface area is 197 Å². The second-order valence-corrected chi connectivity index (χ2v) is 9.24. The van der Waals surface area contributed by atoms with Crippen LogP contribution in [0.2, 0.25) is 0 Å². The molecule has 1 unspecified atom stereocenters. The Morgan fingerprint density at radius 3 is 2.70 bits per heavy atom. The molecule has 9 heteroatoms. The van der Waals surface area contributed by atoms with Crippen molar-refractivity contribution >= 4 is 29.1 Å². The fourth-order valence-corrected chi connectivity index (χ4v) is 5.10. The van der Waals surface area contributed by atoms with E-state index in [0.717, 1.165) is 54.3 Å². The largest absolute Gasteiger partial charge is 0.401 e. The molecule has 6 nitrogen and oxygen atoms in total. The number of nitrogens with two attached hydrogens (primary N) is 1. The predicted molar refractivity (Wildman–Crippen MR) is 132 cm³/mol. The Kier molecular flexibility index (Phi) is 7.72. The number of anilines is 1. The minimum absolute atomic E-state index is 0.0669. The maximum atomic E-state index is 12.8. The quantitative estimate of drug-likeness (QED) is 0.518. The molecule has 33 heavy (non-hydrogen) atoms. The Balaban J connectivity index is 1.38. The highest BCUT2D eigenvalue weighted by Crippen LogP contribution is 2.26. The van der Waals surface area contributed by atoms with Gasteiger partial charge in [-0.25, -0.2) is 8.78 Å². The number of hydrogen-bond donors (Lipinski definition) is 1. The van der Waals surface area contributed by atoms with Crippen molar-refractivity contribution in [3.63, 3.8) is 0 Å². The number of alkyl halides is 2. The number of pyridine rings is 1. The molecule has 2 N–H and O–H groups in total. The molecule has 2 aromatic rings. The summed E-state index contributed by atoms with van der Waals surface area (Å²) in [5.41, 5.74) is 9.77. The second kappa shape index (κ2) is 10.9. The highest BCUT2D eigenvalue weighted by Gasteiger charge is 2.25. The molecule has 1 fully saturated rings. The maximum Gasteiger partial charge on any atom is 0.278 e. The number of benzene rings is 1. The van der Waals surface area contributed by atoms with Crippen molar-refractivity contribution in [2.24, 2.45) is 15.9 Å². The molecule has 174 valence electrons. The molecule has 1 aromatic carbocycles. The van der Waals surface area contributed by atoms with Gasteiger partial charge >= 0.3 is 0 Å². The lowest BCUT2D eigenvalue weighted by atomic mass is 10.1. The van der Waals surface area contributed by atoms with Gasteiger partial charge in [0.2, 0.25) is 0 Å². The summed E-state index contributed by atoms with van der Waals surface area (Å²) in [5, 5.41) is 7.48. The predicted octanol–water partition coefficient (Wildman–Crippen LogP) is 4.49. The van der Waals surface area contributed by atoms with Gasteiger partial charge in [0.05, 0.1) is 18.0 Å². The van der Waals surface area contributed by atoms with Crippen molar-refractivity contribution in [1.29, 1.82) is 0 Å². The van der Waals surface area contributed by atoms with Gasteiger partial charge in [0, 0.05) is 47.9 Å². The van der Waals surface area contributed by atoms with Gasteiger partial charge < -0.3 is 10.0 Å². The third-order valence-electron chi connectivity index (χ3n) is 5.82. The fraction of sp³-hybridized carbons (Fsp3) is 0.375. The summed E-state index contributed by atoms with van der Waals surface area (Å²) in [4.78, 5) is 6.97. The standard InChI is InChI=1S/C24H28F2N6S/c1-17(27)23-8-5-11-31(23)12-13-33-32(20-6-3-2-4-7-20)16-19-10-9-18(15-28-19)21-14-22(24(25)26)30-29-21/h2-4,6-7,9-10,15,23-24H,1,5,8,11-14,16,27H2. The minimum Gasteiger partial charge on any atom is -0.401 e. The van der Waals surface area contributed by atoms with E-state index in [4.69, 9.17) is 5.73 Å². The fourth-order valence-electron chi connectivity index (χ4n) is 4.07. The van der Waals surface area contributed by atoms with Crippen LogP contribution in [0.3, 0.4) is 0 Å². The zero-order valence-electron chi connectivity index (χ0n) is 18.4. The molecule has 0 radical (unpaired) electrons. The summed E-state index contributed by atoms with van der Waals surface area (Å²) in [6.07, 6.45) is 1.41. The molecule has 1 atom stereocenters. The number of para-hydroxylation sites is 1. The normalized spacial score (nSPS) is 18.5. The van der Waals surface area contributed by atoms with Gasteiger partial charge in [-0.3, -0.25) is 9.88 Å². The van der Waals surface area contributed by atoms with E-state index in [9.17, 15) is 8.78 Å². The number of likely N-dealkylation sites (tertiary alicyclic amines) is 1. The molecule has 0 saturated carbocycles. The summed E-state index contributed by atoms with van der Waals surface area (Å²) in [6, 6.07) is 14.3. The molecule has 0 aliphatic carbocycles. The summed E-state index contributed by atoms with van der Waals surface area (Å²) in [5.74, 6) is 0.918. The van der Waals surface area contributed by atoms with E-state index in [1.807, 2.05) is 30.3 Å². The lowest BCUT2D eigenvalue weighted by Crippen LogP contribution is -2.35. The van der Waals surface area contributed by atoms with Crippen LogP contribution >= 0.6 is 11.9 Å². The van der Waals surface area contributed by atoms with Crippen molar-refractivity contribution in [1.82, 2.24) is 9.88 Å². The summed E-state index contributed by atoms with van der Waals surface area (Å²) in [6.45, 7) is 6.55. The molecular weight excluding hydrogens is 442 g/mol. The van der Waals surface area contributed by atoms with Crippen LogP contribution in [0.1, 0.15) is 30.5 Å². The summed E-state index contributed by atoms with van der Waals surface area (Å²) in [7, 11) is 0. The van der Waals surface area contributed by atoms with E-state index in [0.29, 0.717) is 12.3 Å². The van der Waals surface area contributed by atoms with Gasteiger partial charge in [-0.2, -0.15) is 10.2 Å². The van der Waals surface area contributed by atoms with E-state index in [1.54, 1.807) is 18.1 Å². The molecule has 2 aliphatic heterocycles. The van der Waals surface area contributed by atoms with Crippen LogP contribution in [0.5, 0.6) is 0 Å². The zero-order chi connectivity index (χ0) is 23.2. The van der Waals surface area contributed by atoms with E-state index in [2.05, 4.69) is 43.1 Å². The maximum absolute atomic E-state index is 12.8. The van der Waals surface area contributed by atoms with Gasteiger partial charge in [-0.15, -0.1) is 0 Å². The Bertz CT molecular complexity index is 1010. The van der Waals surface area contributed by atoms with Gasteiger partial charge in [-0.05, 0) is 55.6 Å². The molecule has 1 aromatic heterocycles.